The van der Waals surface area contributed by atoms with Gasteiger partial charge in [0.15, 0.2) is 0 Å². The van der Waals surface area contributed by atoms with Gasteiger partial charge in [0, 0.05) is 11.6 Å². The molecule has 0 radical (unpaired) electrons. The Balaban J connectivity index is 2.25. The summed E-state index contributed by atoms with van der Waals surface area (Å²) in [4.78, 5) is 24.8. The summed E-state index contributed by atoms with van der Waals surface area (Å²) >= 11 is 0. The number of ether oxygens (including phenoxy) is 1. The molecule has 0 amide bonds. The third-order valence-electron chi connectivity index (χ3n) is 2.89. The zero-order chi connectivity index (χ0) is 12.5. The molecule has 0 unspecified atom stereocenters. The second kappa shape index (κ2) is 4.03. The van der Waals surface area contributed by atoms with Crippen molar-refractivity contribution in [3.8, 4) is 0 Å². The molecule has 0 saturated carbocycles. The fourth-order valence-electron chi connectivity index (χ4n) is 2.09. The lowest BCUT2D eigenvalue weighted by atomic mass is 10.1. The lowest BCUT2D eigenvalue weighted by Gasteiger charge is -2.04. The molecule has 0 bridgehead atoms. The number of aromatic amines is 1. The standard InChI is InChI=1S/C13H10N2O3/c16-8-18-7-9-3-4-10-11(6-9)14-13(17)15-5-1-2-12(10)15/h1-6,8H,7H2,(H,14,17). The van der Waals surface area contributed by atoms with Gasteiger partial charge in [-0.05, 0) is 23.8 Å². The van der Waals surface area contributed by atoms with E-state index in [0.29, 0.717) is 6.47 Å². The van der Waals surface area contributed by atoms with Gasteiger partial charge in [0.1, 0.15) is 6.61 Å². The van der Waals surface area contributed by atoms with Crippen LogP contribution in [-0.4, -0.2) is 15.9 Å². The van der Waals surface area contributed by atoms with Crippen LogP contribution in [0.4, 0.5) is 0 Å². The predicted molar refractivity (Wildman–Crippen MR) is 66.4 cm³/mol. The summed E-state index contributed by atoms with van der Waals surface area (Å²) in [7, 11) is 0. The molecule has 3 aromatic rings. The van der Waals surface area contributed by atoms with Gasteiger partial charge in [0.25, 0.3) is 6.47 Å². The van der Waals surface area contributed by atoms with Gasteiger partial charge < -0.3 is 9.72 Å². The van der Waals surface area contributed by atoms with E-state index in [1.807, 2.05) is 30.3 Å². The maximum atomic E-state index is 11.8. The Morgan fingerprint density at radius 3 is 3.06 bits per heavy atom. The molecule has 2 heterocycles. The summed E-state index contributed by atoms with van der Waals surface area (Å²) < 4.78 is 6.25. The molecule has 0 spiro atoms. The minimum absolute atomic E-state index is 0.184. The minimum atomic E-state index is -0.184. The Morgan fingerprint density at radius 2 is 2.22 bits per heavy atom. The lowest BCUT2D eigenvalue weighted by Crippen LogP contribution is -2.15. The number of fused-ring (bicyclic) bond motifs is 3. The van der Waals surface area contributed by atoms with Crippen LogP contribution in [0.25, 0.3) is 16.4 Å². The van der Waals surface area contributed by atoms with Crippen LogP contribution in [0.15, 0.2) is 41.3 Å². The number of hydrogen-bond donors (Lipinski definition) is 1. The van der Waals surface area contributed by atoms with E-state index >= 15 is 0 Å². The van der Waals surface area contributed by atoms with Crippen molar-refractivity contribution in [1.29, 1.82) is 0 Å². The van der Waals surface area contributed by atoms with Gasteiger partial charge in [-0.1, -0.05) is 12.1 Å². The van der Waals surface area contributed by atoms with Crippen molar-refractivity contribution in [3.63, 3.8) is 0 Å². The zero-order valence-electron chi connectivity index (χ0n) is 9.42. The van der Waals surface area contributed by atoms with Crippen molar-refractivity contribution in [2.75, 3.05) is 0 Å². The predicted octanol–water partition coefficient (Wildman–Crippen LogP) is 1.45. The molecule has 5 nitrogen and oxygen atoms in total. The second-order valence-corrected chi connectivity index (χ2v) is 3.98. The van der Waals surface area contributed by atoms with E-state index in [1.165, 1.54) is 0 Å². The summed E-state index contributed by atoms with van der Waals surface area (Å²) in [5.74, 6) is 0. The average Bonchev–Trinajstić information content (AvgIpc) is 2.86. The number of carbonyl (C=O) groups excluding carboxylic acids is 1. The average molecular weight is 242 g/mol. The molecule has 0 atom stereocenters. The number of nitrogens with zero attached hydrogens (tertiary/aromatic N) is 1. The molecular weight excluding hydrogens is 232 g/mol. The summed E-state index contributed by atoms with van der Waals surface area (Å²) in [6.45, 7) is 0.608. The highest BCUT2D eigenvalue weighted by Gasteiger charge is 2.04. The molecule has 1 N–H and O–H groups in total. The third-order valence-corrected chi connectivity index (χ3v) is 2.89. The van der Waals surface area contributed by atoms with Crippen molar-refractivity contribution in [2.45, 2.75) is 6.61 Å². The zero-order valence-corrected chi connectivity index (χ0v) is 9.42. The molecule has 90 valence electrons. The molecule has 0 aliphatic heterocycles. The number of nitrogens with one attached hydrogen (secondary N) is 1. The summed E-state index contributed by atoms with van der Waals surface area (Å²) in [5, 5.41) is 0.953. The number of rotatable bonds is 3. The van der Waals surface area contributed by atoms with Crippen molar-refractivity contribution in [3.05, 3.63) is 52.6 Å². The van der Waals surface area contributed by atoms with Crippen molar-refractivity contribution >= 4 is 22.9 Å². The first-order valence-electron chi connectivity index (χ1n) is 5.47. The molecule has 0 saturated heterocycles. The van der Waals surface area contributed by atoms with E-state index in [2.05, 4.69) is 4.98 Å². The van der Waals surface area contributed by atoms with Crippen LogP contribution in [0.3, 0.4) is 0 Å². The molecular formula is C13H10N2O3. The van der Waals surface area contributed by atoms with E-state index in [1.54, 1.807) is 10.6 Å². The van der Waals surface area contributed by atoms with Crippen molar-refractivity contribution in [1.82, 2.24) is 9.38 Å². The largest absolute Gasteiger partial charge is 0.463 e. The first kappa shape index (κ1) is 10.6. The van der Waals surface area contributed by atoms with Crippen LogP contribution in [0.1, 0.15) is 5.56 Å². The van der Waals surface area contributed by atoms with Gasteiger partial charge in [0.05, 0.1) is 11.0 Å². The van der Waals surface area contributed by atoms with Crippen LogP contribution >= 0.6 is 0 Å². The van der Waals surface area contributed by atoms with Gasteiger partial charge in [-0.3, -0.25) is 9.20 Å². The Kier molecular flexibility index (Phi) is 2.37. The maximum Gasteiger partial charge on any atom is 0.330 e. The van der Waals surface area contributed by atoms with E-state index in [4.69, 9.17) is 4.74 Å². The molecule has 0 aliphatic rings. The van der Waals surface area contributed by atoms with E-state index < -0.39 is 0 Å². The monoisotopic (exact) mass is 242 g/mol. The number of aromatic nitrogens is 2. The quantitative estimate of drug-likeness (QED) is 0.707. The van der Waals surface area contributed by atoms with Crippen molar-refractivity contribution in [2.24, 2.45) is 0 Å². The highest BCUT2D eigenvalue weighted by Crippen LogP contribution is 2.18. The third kappa shape index (κ3) is 1.57. The molecule has 3 rings (SSSR count). The molecule has 0 fully saturated rings. The van der Waals surface area contributed by atoms with Gasteiger partial charge in [-0.15, -0.1) is 0 Å². The van der Waals surface area contributed by atoms with Crippen LogP contribution in [-0.2, 0) is 16.1 Å². The van der Waals surface area contributed by atoms with Gasteiger partial charge >= 0.3 is 5.69 Å². The van der Waals surface area contributed by atoms with Crippen LogP contribution in [0.5, 0.6) is 0 Å². The Morgan fingerprint density at radius 1 is 1.33 bits per heavy atom. The second-order valence-electron chi connectivity index (χ2n) is 3.98. The molecule has 0 aliphatic carbocycles. The number of H-pyrrole nitrogens is 1. The Bertz CT molecular complexity index is 786. The highest BCUT2D eigenvalue weighted by atomic mass is 16.5. The van der Waals surface area contributed by atoms with Crippen LogP contribution in [0.2, 0.25) is 0 Å². The molecule has 5 heteroatoms. The summed E-state index contributed by atoms with van der Waals surface area (Å²) in [6, 6.07) is 9.31. The molecule has 2 aromatic heterocycles. The fourth-order valence-corrected chi connectivity index (χ4v) is 2.09. The smallest absolute Gasteiger partial charge is 0.330 e. The van der Waals surface area contributed by atoms with E-state index in [9.17, 15) is 9.59 Å². The number of benzene rings is 1. The summed E-state index contributed by atoms with van der Waals surface area (Å²) in [6.07, 6.45) is 1.72. The van der Waals surface area contributed by atoms with Crippen LogP contribution < -0.4 is 5.69 Å². The SMILES string of the molecule is O=COCc1ccc2c(c1)[nH]c(=O)n1cccc21. The number of carbonyl (C=O) groups is 1. The highest BCUT2D eigenvalue weighted by molar-refractivity contribution is 5.93. The molecule has 18 heavy (non-hydrogen) atoms. The van der Waals surface area contributed by atoms with Gasteiger partial charge in [0.2, 0.25) is 0 Å². The van der Waals surface area contributed by atoms with Gasteiger partial charge in [-0.2, -0.15) is 0 Å². The van der Waals surface area contributed by atoms with E-state index in [-0.39, 0.29) is 12.3 Å². The summed E-state index contributed by atoms with van der Waals surface area (Å²) in [5.41, 5.74) is 2.24. The maximum absolute atomic E-state index is 11.8. The normalized spacial score (nSPS) is 10.9. The first-order chi connectivity index (χ1) is 8.79. The fraction of sp³-hybridized carbons (Fsp3) is 0.0769. The topological polar surface area (TPSA) is 63.6 Å². The first-order valence-corrected chi connectivity index (χ1v) is 5.47. The van der Waals surface area contributed by atoms with Crippen LogP contribution in [0, 0.1) is 0 Å². The Labute approximate surface area is 102 Å². The van der Waals surface area contributed by atoms with Crippen molar-refractivity contribution < 1.29 is 9.53 Å². The Hall–Kier alpha value is -2.56. The lowest BCUT2D eigenvalue weighted by molar-refractivity contribution is -0.129. The minimum Gasteiger partial charge on any atom is -0.463 e. The van der Waals surface area contributed by atoms with Gasteiger partial charge in [-0.25, -0.2) is 4.79 Å². The molecule has 1 aromatic carbocycles. The van der Waals surface area contributed by atoms with E-state index in [0.717, 1.165) is 22.0 Å². The number of hydrogen-bond acceptors (Lipinski definition) is 3.